The largest absolute Gasteiger partial charge is 0.399 e. The first-order valence-corrected chi connectivity index (χ1v) is 5.87. The minimum Gasteiger partial charge on any atom is -0.399 e. The quantitative estimate of drug-likeness (QED) is 0.612. The third kappa shape index (κ3) is 5.05. The fraction of sp³-hybridized carbons (Fsp3) is 0.462. The number of rotatable bonds is 3. The standard InChI is InChI=1S/C13H21N3O2/c1-13(2,3)16-12(18)15-8-11(17)9-4-6-10(14)7-5-9/h4-7,11,17H,8,14H2,1-3H3,(H2,15,16,18). The van der Waals surface area contributed by atoms with Crippen LogP contribution in [0.1, 0.15) is 32.4 Å². The van der Waals surface area contributed by atoms with Crippen LogP contribution in [-0.4, -0.2) is 23.2 Å². The van der Waals surface area contributed by atoms with Crippen LogP contribution in [0.4, 0.5) is 10.5 Å². The Bertz CT molecular complexity index is 396. The maximum atomic E-state index is 11.5. The molecule has 0 aliphatic carbocycles. The monoisotopic (exact) mass is 251 g/mol. The molecule has 0 bridgehead atoms. The summed E-state index contributed by atoms with van der Waals surface area (Å²) in [5.41, 5.74) is 6.63. The van der Waals surface area contributed by atoms with E-state index < -0.39 is 6.10 Å². The van der Waals surface area contributed by atoms with E-state index in [1.165, 1.54) is 0 Å². The molecule has 0 heterocycles. The number of carbonyl (C=O) groups excluding carboxylic acids is 1. The number of anilines is 1. The molecular weight excluding hydrogens is 230 g/mol. The Kier molecular flexibility index (Phi) is 4.55. The fourth-order valence-electron chi connectivity index (χ4n) is 1.41. The summed E-state index contributed by atoms with van der Waals surface area (Å²) in [4.78, 5) is 11.5. The van der Waals surface area contributed by atoms with Gasteiger partial charge in [0.15, 0.2) is 0 Å². The highest BCUT2D eigenvalue weighted by atomic mass is 16.3. The van der Waals surface area contributed by atoms with E-state index in [-0.39, 0.29) is 18.1 Å². The summed E-state index contributed by atoms with van der Waals surface area (Å²) in [6, 6.07) is 6.62. The number of amides is 2. The smallest absolute Gasteiger partial charge is 0.315 e. The molecule has 0 aliphatic heterocycles. The van der Waals surface area contributed by atoms with Gasteiger partial charge in [-0.05, 0) is 38.5 Å². The molecule has 5 heteroatoms. The van der Waals surface area contributed by atoms with Crippen molar-refractivity contribution in [2.45, 2.75) is 32.4 Å². The lowest BCUT2D eigenvalue weighted by Gasteiger charge is -2.21. The molecule has 1 unspecified atom stereocenters. The van der Waals surface area contributed by atoms with Gasteiger partial charge in [0.25, 0.3) is 0 Å². The van der Waals surface area contributed by atoms with Gasteiger partial charge in [-0.15, -0.1) is 0 Å². The summed E-state index contributed by atoms with van der Waals surface area (Å²) in [6.07, 6.45) is -0.740. The van der Waals surface area contributed by atoms with E-state index in [0.29, 0.717) is 5.69 Å². The number of urea groups is 1. The second-order valence-corrected chi connectivity index (χ2v) is 5.27. The van der Waals surface area contributed by atoms with Gasteiger partial charge in [-0.2, -0.15) is 0 Å². The Morgan fingerprint density at radius 2 is 1.89 bits per heavy atom. The van der Waals surface area contributed by atoms with Gasteiger partial charge in [-0.1, -0.05) is 12.1 Å². The van der Waals surface area contributed by atoms with Gasteiger partial charge in [0.05, 0.1) is 6.10 Å². The molecule has 1 aromatic rings. The van der Waals surface area contributed by atoms with Crippen molar-refractivity contribution in [3.05, 3.63) is 29.8 Å². The highest BCUT2D eigenvalue weighted by molar-refractivity contribution is 5.74. The molecule has 18 heavy (non-hydrogen) atoms. The number of hydrogen-bond acceptors (Lipinski definition) is 3. The van der Waals surface area contributed by atoms with Crippen LogP contribution in [0.3, 0.4) is 0 Å². The van der Waals surface area contributed by atoms with E-state index in [1.807, 2.05) is 20.8 Å². The zero-order valence-electron chi connectivity index (χ0n) is 11.0. The third-order valence-electron chi connectivity index (χ3n) is 2.27. The Labute approximate surface area is 107 Å². The van der Waals surface area contributed by atoms with Crippen LogP contribution < -0.4 is 16.4 Å². The summed E-state index contributed by atoms with van der Waals surface area (Å²) in [7, 11) is 0. The predicted octanol–water partition coefficient (Wildman–Crippen LogP) is 1.40. The molecule has 0 aromatic heterocycles. The van der Waals surface area contributed by atoms with Crippen LogP contribution in [0.5, 0.6) is 0 Å². The summed E-state index contributed by atoms with van der Waals surface area (Å²) in [5, 5.41) is 15.2. The molecule has 0 radical (unpaired) electrons. The van der Waals surface area contributed by atoms with Crippen molar-refractivity contribution >= 4 is 11.7 Å². The van der Waals surface area contributed by atoms with Crippen LogP contribution in [0.15, 0.2) is 24.3 Å². The number of aliphatic hydroxyl groups excluding tert-OH is 1. The van der Waals surface area contributed by atoms with Gasteiger partial charge < -0.3 is 21.5 Å². The van der Waals surface area contributed by atoms with E-state index >= 15 is 0 Å². The molecule has 1 atom stereocenters. The van der Waals surface area contributed by atoms with Gasteiger partial charge in [-0.25, -0.2) is 4.79 Å². The lowest BCUT2D eigenvalue weighted by atomic mass is 10.1. The molecule has 100 valence electrons. The number of nitrogens with two attached hydrogens (primary N) is 1. The van der Waals surface area contributed by atoms with Gasteiger partial charge >= 0.3 is 6.03 Å². The SMILES string of the molecule is CC(C)(C)NC(=O)NCC(O)c1ccc(N)cc1. The minimum absolute atomic E-state index is 0.159. The van der Waals surface area contributed by atoms with E-state index in [1.54, 1.807) is 24.3 Å². The molecular formula is C13H21N3O2. The van der Waals surface area contributed by atoms with Gasteiger partial charge in [0, 0.05) is 17.8 Å². The van der Waals surface area contributed by atoms with Crippen LogP contribution in [0.25, 0.3) is 0 Å². The normalized spacial score (nSPS) is 12.9. The summed E-state index contributed by atoms with van der Waals surface area (Å²) in [5.74, 6) is 0. The van der Waals surface area contributed by atoms with Gasteiger partial charge in [0.1, 0.15) is 0 Å². The second kappa shape index (κ2) is 5.73. The number of aliphatic hydroxyl groups is 1. The topological polar surface area (TPSA) is 87.4 Å². The minimum atomic E-state index is -0.740. The summed E-state index contributed by atoms with van der Waals surface area (Å²) < 4.78 is 0. The lowest BCUT2D eigenvalue weighted by molar-refractivity contribution is 0.171. The molecule has 0 saturated heterocycles. The van der Waals surface area contributed by atoms with Crippen LogP contribution in [-0.2, 0) is 0 Å². The van der Waals surface area contributed by atoms with Gasteiger partial charge in [-0.3, -0.25) is 0 Å². The molecule has 1 rings (SSSR count). The number of hydrogen-bond donors (Lipinski definition) is 4. The molecule has 0 saturated carbocycles. The van der Waals surface area contributed by atoms with E-state index in [2.05, 4.69) is 10.6 Å². The Morgan fingerprint density at radius 1 is 1.33 bits per heavy atom. The Balaban J connectivity index is 2.44. The zero-order valence-corrected chi connectivity index (χ0v) is 11.0. The highest BCUT2D eigenvalue weighted by Crippen LogP contribution is 2.13. The highest BCUT2D eigenvalue weighted by Gasteiger charge is 2.14. The summed E-state index contributed by atoms with van der Waals surface area (Å²) in [6.45, 7) is 5.83. The lowest BCUT2D eigenvalue weighted by Crippen LogP contribution is -2.47. The van der Waals surface area contributed by atoms with Crippen LogP contribution >= 0.6 is 0 Å². The molecule has 0 fully saturated rings. The van der Waals surface area contributed by atoms with Crippen LogP contribution in [0.2, 0.25) is 0 Å². The first-order valence-electron chi connectivity index (χ1n) is 5.87. The van der Waals surface area contributed by atoms with Gasteiger partial charge in [0.2, 0.25) is 0 Å². The van der Waals surface area contributed by atoms with Crippen molar-refractivity contribution in [1.82, 2.24) is 10.6 Å². The maximum Gasteiger partial charge on any atom is 0.315 e. The molecule has 1 aromatic carbocycles. The van der Waals surface area contributed by atoms with Crippen molar-refractivity contribution in [1.29, 1.82) is 0 Å². The first kappa shape index (κ1) is 14.3. The van der Waals surface area contributed by atoms with Crippen molar-refractivity contribution in [2.75, 3.05) is 12.3 Å². The van der Waals surface area contributed by atoms with E-state index in [9.17, 15) is 9.90 Å². The summed E-state index contributed by atoms with van der Waals surface area (Å²) >= 11 is 0. The predicted molar refractivity (Wildman–Crippen MR) is 72.1 cm³/mol. The van der Waals surface area contributed by atoms with Crippen molar-refractivity contribution < 1.29 is 9.90 Å². The third-order valence-corrected chi connectivity index (χ3v) is 2.27. The first-order chi connectivity index (χ1) is 8.28. The average Bonchev–Trinajstić information content (AvgIpc) is 2.24. The molecule has 5 N–H and O–H groups in total. The maximum absolute atomic E-state index is 11.5. The average molecular weight is 251 g/mol. The number of carbonyl (C=O) groups is 1. The molecule has 5 nitrogen and oxygen atoms in total. The van der Waals surface area contributed by atoms with Crippen molar-refractivity contribution in [2.24, 2.45) is 0 Å². The number of nitrogen functional groups attached to an aromatic ring is 1. The Hall–Kier alpha value is -1.75. The molecule has 0 spiro atoms. The Morgan fingerprint density at radius 3 is 2.39 bits per heavy atom. The number of nitrogens with one attached hydrogen (secondary N) is 2. The van der Waals surface area contributed by atoms with E-state index in [0.717, 1.165) is 5.56 Å². The zero-order chi connectivity index (χ0) is 13.8. The molecule has 2 amide bonds. The van der Waals surface area contributed by atoms with Crippen molar-refractivity contribution in [3.8, 4) is 0 Å². The molecule has 0 aliphatic rings. The van der Waals surface area contributed by atoms with Crippen LogP contribution in [0, 0.1) is 0 Å². The van der Waals surface area contributed by atoms with Crippen molar-refractivity contribution in [3.63, 3.8) is 0 Å². The fourth-order valence-corrected chi connectivity index (χ4v) is 1.41. The number of benzene rings is 1. The second-order valence-electron chi connectivity index (χ2n) is 5.27. The van der Waals surface area contributed by atoms with E-state index in [4.69, 9.17) is 5.73 Å².